The quantitative estimate of drug-likeness (QED) is 0.154. The third kappa shape index (κ3) is 17.6. The molecule has 0 aromatic heterocycles. The average molecular weight is 391 g/mol. The monoisotopic (exact) mass is 390 g/mol. The fourth-order valence-corrected chi connectivity index (χ4v) is 4.99. The third-order valence-corrected chi connectivity index (χ3v) is 7.10. The van der Waals surface area contributed by atoms with Gasteiger partial charge in [-0.3, -0.25) is 4.57 Å². The van der Waals surface area contributed by atoms with Crippen molar-refractivity contribution in [3.05, 3.63) is 0 Å². The Balaban J connectivity index is 3.28. The summed E-state index contributed by atoms with van der Waals surface area (Å²) in [5.41, 5.74) is 0. The molecule has 0 aromatic carbocycles. The maximum atomic E-state index is 12.3. The van der Waals surface area contributed by atoms with Crippen LogP contribution in [-0.2, 0) is 13.6 Å². The number of hydrogen-bond acceptors (Lipinski definition) is 3. The summed E-state index contributed by atoms with van der Waals surface area (Å²) in [5.74, 6) is 0. The molecule has 0 aromatic rings. The molecule has 0 N–H and O–H groups in total. The van der Waals surface area contributed by atoms with E-state index in [2.05, 4.69) is 6.92 Å². The second-order valence-corrected chi connectivity index (χ2v) is 10.2. The first-order valence-corrected chi connectivity index (χ1v) is 13.1. The summed E-state index contributed by atoms with van der Waals surface area (Å²) in [6.07, 6.45) is 22.1. The second-order valence-electron chi connectivity index (χ2n) is 7.97. The third-order valence-electron chi connectivity index (χ3n) is 4.94. The Labute approximate surface area is 164 Å². The van der Waals surface area contributed by atoms with Crippen LogP contribution < -0.4 is 0 Å². The van der Waals surface area contributed by atoms with Crippen molar-refractivity contribution in [3.8, 4) is 0 Å². The second kappa shape index (κ2) is 18.5. The Morgan fingerprint density at radius 1 is 0.654 bits per heavy atom. The smallest absolute Gasteiger partial charge is 0.312 e. The standard InChI is InChI=1S/C22H47O3P/c1-5-6-7-8-9-10-11-12-13-14-15-16-17-18-19-20-21-26(23,24-4)25-22(2)3/h22H,5-21H2,1-4H3. The molecule has 0 spiro atoms. The van der Waals surface area contributed by atoms with E-state index in [0.717, 1.165) is 12.8 Å². The highest BCUT2D eigenvalue weighted by Gasteiger charge is 2.23. The Morgan fingerprint density at radius 2 is 1.00 bits per heavy atom. The minimum absolute atomic E-state index is 0.0400. The molecule has 0 aliphatic heterocycles. The molecule has 0 aliphatic carbocycles. The van der Waals surface area contributed by atoms with Crippen LogP contribution in [0.4, 0.5) is 0 Å². The summed E-state index contributed by atoms with van der Waals surface area (Å²) >= 11 is 0. The Bertz CT molecular complexity index is 331. The number of hydrogen-bond donors (Lipinski definition) is 0. The minimum Gasteiger partial charge on any atom is -0.312 e. The lowest BCUT2D eigenvalue weighted by Crippen LogP contribution is -2.04. The minimum atomic E-state index is -2.84. The Kier molecular flexibility index (Phi) is 18.6. The molecule has 0 fully saturated rings. The van der Waals surface area contributed by atoms with Crippen molar-refractivity contribution in [2.45, 2.75) is 130 Å². The lowest BCUT2D eigenvalue weighted by molar-refractivity contribution is 0.187. The van der Waals surface area contributed by atoms with Gasteiger partial charge in [0, 0.05) is 7.11 Å². The van der Waals surface area contributed by atoms with Crippen LogP contribution in [0.5, 0.6) is 0 Å². The number of unbranched alkanes of at least 4 members (excludes halogenated alkanes) is 15. The highest BCUT2D eigenvalue weighted by atomic mass is 31.2. The molecule has 26 heavy (non-hydrogen) atoms. The molecule has 0 amide bonds. The molecule has 0 bridgehead atoms. The maximum Gasteiger partial charge on any atom is 0.330 e. The van der Waals surface area contributed by atoms with E-state index in [1.807, 2.05) is 13.8 Å². The molecule has 1 atom stereocenters. The summed E-state index contributed by atoms with van der Waals surface area (Å²) in [4.78, 5) is 0. The molecule has 0 saturated carbocycles. The molecule has 1 unspecified atom stereocenters. The summed E-state index contributed by atoms with van der Waals surface area (Å²) in [7, 11) is -1.35. The van der Waals surface area contributed by atoms with Crippen molar-refractivity contribution in [1.82, 2.24) is 0 Å². The van der Waals surface area contributed by atoms with Crippen molar-refractivity contribution in [1.29, 1.82) is 0 Å². The van der Waals surface area contributed by atoms with Gasteiger partial charge in [0.05, 0.1) is 12.3 Å². The van der Waals surface area contributed by atoms with Gasteiger partial charge < -0.3 is 9.05 Å². The zero-order valence-corrected chi connectivity index (χ0v) is 19.2. The van der Waals surface area contributed by atoms with E-state index in [0.29, 0.717) is 6.16 Å². The lowest BCUT2D eigenvalue weighted by Gasteiger charge is -2.18. The van der Waals surface area contributed by atoms with Crippen LogP contribution in [0.3, 0.4) is 0 Å². The molecular weight excluding hydrogens is 343 g/mol. The summed E-state index contributed by atoms with van der Waals surface area (Å²) in [6, 6.07) is 0. The first-order chi connectivity index (χ1) is 12.5. The van der Waals surface area contributed by atoms with Crippen molar-refractivity contribution < 1.29 is 13.6 Å². The normalized spacial score (nSPS) is 14.0. The van der Waals surface area contributed by atoms with Gasteiger partial charge >= 0.3 is 7.60 Å². The van der Waals surface area contributed by atoms with Crippen molar-refractivity contribution in [2.24, 2.45) is 0 Å². The zero-order chi connectivity index (χ0) is 19.5. The van der Waals surface area contributed by atoms with Crippen LogP contribution in [0, 0.1) is 0 Å². The largest absolute Gasteiger partial charge is 0.330 e. The molecule has 0 heterocycles. The van der Waals surface area contributed by atoms with Gasteiger partial charge in [0.2, 0.25) is 0 Å². The van der Waals surface area contributed by atoms with E-state index in [4.69, 9.17) is 9.05 Å². The SMILES string of the molecule is CCCCCCCCCCCCCCCCCCP(=O)(OC)OC(C)C. The molecule has 158 valence electrons. The molecule has 3 nitrogen and oxygen atoms in total. The van der Waals surface area contributed by atoms with Crippen LogP contribution >= 0.6 is 7.60 Å². The molecule has 0 rings (SSSR count). The highest BCUT2D eigenvalue weighted by molar-refractivity contribution is 7.53. The average Bonchev–Trinajstić information content (AvgIpc) is 2.60. The fraction of sp³-hybridized carbons (Fsp3) is 1.00. The molecular formula is C22H47O3P. The van der Waals surface area contributed by atoms with E-state index in [9.17, 15) is 4.57 Å². The van der Waals surface area contributed by atoms with E-state index in [1.165, 1.54) is 97.0 Å². The van der Waals surface area contributed by atoms with Crippen LogP contribution in [0.25, 0.3) is 0 Å². The van der Waals surface area contributed by atoms with Crippen LogP contribution in [0.1, 0.15) is 124 Å². The summed E-state index contributed by atoms with van der Waals surface area (Å²) < 4.78 is 22.8. The zero-order valence-electron chi connectivity index (χ0n) is 18.3. The fourth-order valence-electron chi connectivity index (χ4n) is 3.36. The topological polar surface area (TPSA) is 35.5 Å². The van der Waals surface area contributed by atoms with Gasteiger partial charge in [0.25, 0.3) is 0 Å². The summed E-state index contributed by atoms with van der Waals surface area (Å²) in [5, 5.41) is 0. The van der Waals surface area contributed by atoms with Gasteiger partial charge in [-0.05, 0) is 20.3 Å². The van der Waals surface area contributed by atoms with Gasteiger partial charge in [0.15, 0.2) is 0 Å². The first kappa shape index (κ1) is 26.1. The van der Waals surface area contributed by atoms with Gasteiger partial charge in [-0.2, -0.15) is 0 Å². The predicted molar refractivity (Wildman–Crippen MR) is 115 cm³/mol. The van der Waals surface area contributed by atoms with Gasteiger partial charge in [-0.25, -0.2) is 0 Å². The van der Waals surface area contributed by atoms with Gasteiger partial charge in [0.1, 0.15) is 0 Å². The van der Waals surface area contributed by atoms with E-state index >= 15 is 0 Å². The molecule has 0 aliphatic rings. The Hall–Kier alpha value is 0.150. The van der Waals surface area contributed by atoms with E-state index in [-0.39, 0.29) is 6.10 Å². The van der Waals surface area contributed by atoms with Crippen LogP contribution in [-0.4, -0.2) is 19.4 Å². The van der Waals surface area contributed by atoms with E-state index in [1.54, 1.807) is 0 Å². The maximum absolute atomic E-state index is 12.3. The van der Waals surface area contributed by atoms with Crippen molar-refractivity contribution in [2.75, 3.05) is 13.3 Å². The Morgan fingerprint density at radius 3 is 1.31 bits per heavy atom. The van der Waals surface area contributed by atoms with E-state index < -0.39 is 7.60 Å². The molecule has 0 radical (unpaired) electrons. The first-order valence-electron chi connectivity index (χ1n) is 11.4. The summed E-state index contributed by atoms with van der Waals surface area (Å²) in [6.45, 7) is 6.08. The number of rotatable bonds is 20. The van der Waals surface area contributed by atoms with Crippen molar-refractivity contribution in [3.63, 3.8) is 0 Å². The molecule has 0 saturated heterocycles. The van der Waals surface area contributed by atoms with Crippen LogP contribution in [0.15, 0.2) is 0 Å². The van der Waals surface area contributed by atoms with Gasteiger partial charge in [-0.1, -0.05) is 103 Å². The van der Waals surface area contributed by atoms with Crippen LogP contribution in [0.2, 0.25) is 0 Å². The molecule has 4 heteroatoms. The van der Waals surface area contributed by atoms with Crippen molar-refractivity contribution >= 4 is 7.60 Å². The predicted octanol–water partition coefficient (Wildman–Crippen LogP) is 8.51. The lowest BCUT2D eigenvalue weighted by atomic mass is 10.0. The highest BCUT2D eigenvalue weighted by Crippen LogP contribution is 2.49. The van der Waals surface area contributed by atoms with Gasteiger partial charge in [-0.15, -0.1) is 0 Å².